The number of carboxylic acid groups (broad SMARTS) is 1. The van der Waals surface area contributed by atoms with Crippen LogP contribution in [0.25, 0.3) is 32.0 Å². The fourth-order valence-electron chi connectivity index (χ4n) is 3.84. The maximum absolute atomic E-state index is 13.1. The van der Waals surface area contributed by atoms with Gasteiger partial charge < -0.3 is 5.11 Å². The molecule has 1 atom stereocenters. The van der Waals surface area contributed by atoms with Gasteiger partial charge in [-0.3, -0.25) is 4.72 Å². The summed E-state index contributed by atoms with van der Waals surface area (Å²) in [6.07, 6.45) is 0. The van der Waals surface area contributed by atoms with Crippen LogP contribution in [-0.4, -0.2) is 15.3 Å². The standard InChI is InChI=1S/C26H19NO3S2/c1-16-9-12-24-19(13-16)15-25(31-24)32(30)27-23-11-10-20(21-7-2-3-8-22(21)23)17-5-4-6-18(14-17)26(28)29/h2-15,27H,1H3,(H,28,29). The number of fused-ring (bicyclic) bond motifs is 2. The fraction of sp³-hybridized carbons (Fsp3) is 0.0385. The van der Waals surface area contributed by atoms with Crippen molar-refractivity contribution in [1.29, 1.82) is 0 Å². The molecule has 0 amide bonds. The van der Waals surface area contributed by atoms with E-state index in [9.17, 15) is 14.1 Å². The Bertz CT molecular complexity index is 1520. The predicted octanol–water partition coefficient (Wildman–Crippen LogP) is 6.86. The molecule has 1 unspecified atom stereocenters. The number of carboxylic acids is 1. The number of thiophene rings is 1. The van der Waals surface area contributed by atoms with Crippen molar-refractivity contribution in [3.63, 3.8) is 0 Å². The van der Waals surface area contributed by atoms with Gasteiger partial charge in [-0.1, -0.05) is 60.2 Å². The predicted molar refractivity (Wildman–Crippen MR) is 133 cm³/mol. The van der Waals surface area contributed by atoms with Gasteiger partial charge in [0, 0.05) is 10.1 Å². The third kappa shape index (κ3) is 3.79. The molecule has 0 fully saturated rings. The largest absolute Gasteiger partial charge is 0.478 e. The van der Waals surface area contributed by atoms with E-state index in [2.05, 4.69) is 22.9 Å². The van der Waals surface area contributed by atoms with E-state index in [-0.39, 0.29) is 5.56 Å². The molecule has 158 valence electrons. The molecular weight excluding hydrogens is 438 g/mol. The molecule has 0 radical (unpaired) electrons. The molecule has 1 heterocycles. The first-order valence-corrected chi connectivity index (χ1v) is 12.0. The number of benzene rings is 4. The summed E-state index contributed by atoms with van der Waals surface area (Å²) in [4.78, 5) is 11.4. The zero-order valence-electron chi connectivity index (χ0n) is 17.2. The van der Waals surface area contributed by atoms with Crippen LogP contribution in [0.2, 0.25) is 0 Å². The van der Waals surface area contributed by atoms with Crippen LogP contribution in [-0.2, 0) is 11.0 Å². The Kier molecular flexibility index (Phi) is 5.25. The van der Waals surface area contributed by atoms with E-state index < -0.39 is 17.0 Å². The summed E-state index contributed by atoms with van der Waals surface area (Å²) in [5, 5.41) is 12.3. The SMILES string of the molecule is Cc1ccc2sc(S(=O)Nc3ccc(-c4cccc(C(=O)O)c4)c4ccccc34)cc2c1. The number of anilines is 1. The van der Waals surface area contributed by atoms with Gasteiger partial charge in [0.15, 0.2) is 11.0 Å². The van der Waals surface area contributed by atoms with E-state index in [0.29, 0.717) is 0 Å². The Morgan fingerprint density at radius 2 is 1.72 bits per heavy atom. The highest BCUT2D eigenvalue weighted by Crippen LogP contribution is 2.35. The van der Waals surface area contributed by atoms with E-state index in [1.165, 1.54) is 16.9 Å². The van der Waals surface area contributed by atoms with Crippen LogP contribution in [0.3, 0.4) is 0 Å². The molecule has 0 saturated heterocycles. The zero-order valence-corrected chi connectivity index (χ0v) is 18.8. The second-order valence-corrected chi connectivity index (χ2v) is 10.1. The Balaban J connectivity index is 1.54. The minimum absolute atomic E-state index is 0.245. The Hall–Kier alpha value is -3.48. The highest BCUT2D eigenvalue weighted by atomic mass is 32.2. The number of rotatable bonds is 5. The van der Waals surface area contributed by atoms with Gasteiger partial charge in [-0.15, -0.1) is 11.3 Å². The molecule has 0 saturated carbocycles. The first-order valence-electron chi connectivity index (χ1n) is 10.0. The summed E-state index contributed by atoms with van der Waals surface area (Å²) in [6, 6.07) is 26.8. The monoisotopic (exact) mass is 457 g/mol. The molecule has 1 aromatic heterocycles. The summed E-state index contributed by atoms with van der Waals surface area (Å²) < 4.78 is 18.2. The molecule has 0 aliphatic rings. The van der Waals surface area contributed by atoms with E-state index >= 15 is 0 Å². The normalized spacial score (nSPS) is 12.2. The van der Waals surface area contributed by atoms with Gasteiger partial charge in [-0.25, -0.2) is 9.00 Å². The zero-order chi connectivity index (χ0) is 22.2. The lowest BCUT2D eigenvalue weighted by Gasteiger charge is -2.13. The smallest absolute Gasteiger partial charge is 0.335 e. The number of aryl methyl sites for hydroxylation is 1. The Morgan fingerprint density at radius 1 is 0.906 bits per heavy atom. The maximum Gasteiger partial charge on any atom is 0.335 e. The van der Waals surface area contributed by atoms with Crippen LogP contribution in [0.5, 0.6) is 0 Å². The highest BCUT2D eigenvalue weighted by molar-refractivity contribution is 7.88. The first-order chi connectivity index (χ1) is 15.5. The summed E-state index contributed by atoms with van der Waals surface area (Å²) in [6.45, 7) is 2.05. The third-order valence-electron chi connectivity index (χ3n) is 5.38. The van der Waals surface area contributed by atoms with Gasteiger partial charge in [-0.2, -0.15) is 0 Å². The van der Waals surface area contributed by atoms with Crippen molar-refractivity contribution < 1.29 is 14.1 Å². The molecule has 5 rings (SSSR count). The second kappa shape index (κ2) is 8.22. The highest BCUT2D eigenvalue weighted by Gasteiger charge is 2.14. The Morgan fingerprint density at radius 3 is 2.53 bits per heavy atom. The quantitative estimate of drug-likeness (QED) is 0.303. The average molecular weight is 458 g/mol. The van der Waals surface area contributed by atoms with Gasteiger partial charge in [-0.05, 0) is 59.2 Å². The van der Waals surface area contributed by atoms with E-state index in [0.717, 1.165) is 41.9 Å². The number of carbonyl (C=O) groups is 1. The van der Waals surface area contributed by atoms with Crippen molar-refractivity contribution in [2.24, 2.45) is 0 Å². The minimum Gasteiger partial charge on any atom is -0.478 e. The molecule has 32 heavy (non-hydrogen) atoms. The molecule has 6 heteroatoms. The van der Waals surface area contributed by atoms with Crippen molar-refractivity contribution >= 4 is 54.8 Å². The van der Waals surface area contributed by atoms with Crippen molar-refractivity contribution in [2.45, 2.75) is 11.1 Å². The van der Waals surface area contributed by atoms with E-state index in [1.54, 1.807) is 18.2 Å². The van der Waals surface area contributed by atoms with Crippen LogP contribution in [0.15, 0.2) is 89.1 Å². The molecule has 0 spiro atoms. The minimum atomic E-state index is -1.40. The van der Waals surface area contributed by atoms with Gasteiger partial charge in [0.25, 0.3) is 0 Å². The molecule has 0 aliphatic heterocycles. The molecule has 2 N–H and O–H groups in total. The molecule has 5 aromatic rings. The van der Waals surface area contributed by atoms with Gasteiger partial charge in [0.2, 0.25) is 0 Å². The van der Waals surface area contributed by atoms with Gasteiger partial charge in [0.05, 0.1) is 11.3 Å². The lowest BCUT2D eigenvalue weighted by molar-refractivity contribution is 0.0697. The molecule has 0 bridgehead atoms. The van der Waals surface area contributed by atoms with Crippen LogP contribution < -0.4 is 4.72 Å². The third-order valence-corrected chi connectivity index (χ3v) is 7.88. The van der Waals surface area contributed by atoms with Gasteiger partial charge >= 0.3 is 5.97 Å². The van der Waals surface area contributed by atoms with Crippen molar-refractivity contribution in [3.05, 3.63) is 96.1 Å². The van der Waals surface area contributed by atoms with Crippen LogP contribution in [0.4, 0.5) is 5.69 Å². The number of hydrogen-bond donors (Lipinski definition) is 2. The summed E-state index contributed by atoms with van der Waals surface area (Å²) >= 11 is 1.52. The van der Waals surface area contributed by atoms with Crippen LogP contribution >= 0.6 is 11.3 Å². The average Bonchev–Trinajstić information content (AvgIpc) is 3.23. The molecule has 4 aromatic carbocycles. The van der Waals surface area contributed by atoms with Crippen molar-refractivity contribution in [1.82, 2.24) is 0 Å². The number of nitrogens with one attached hydrogen (secondary N) is 1. The summed E-state index contributed by atoms with van der Waals surface area (Å²) in [5.74, 6) is -0.955. The molecular formula is C26H19NO3S2. The summed E-state index contributed by atoms with van der Waals surface area (Å²) in [7, 11) is -1.40. The molecule has 0 aliphatic carbocycles. The van der Waals surface area contributed by atoms with E-state index in [1.807, 2.05) is 55.5 Å². The number of aromatic carboxylic acids is 1. The number of hydrogen-bond acceptors (Lipinski definition) is 3. The van der Waals surface area contributed by atoms with Gasteiger partial charge in [0.1, 0.15) is 4.21 Å². The summed E-state index contributed by atoms with van der Waals surface area (Å²) in [5.41, 5.74) is 3.95. The van der Waals surface area contributed by atoms with Crippen molar-refractivity contribution in [3.8, 4) is 11.1 Å². The maximum atomic E-state index is 13.1. The topological polar surface area (TPSA) is 66.4 Å². The molecule has 4 nitrogen and oxygen atoms in total. The second-order valence-electron chi connectivity index (χ2n) is 7.57. The van der Waals surface area contributed by atoms with E-state index in [4.69, 9.17) is 0 Å². The fourth-order valence-corrected chi connectivity index (χ4v) is 6.02. The van der Waals surface area contributed by atoms with Crippen LogP contribution in [0.1, 0.15) is 15.9 Å². The first kappa shape index (κ1) is 20.4. The lowest BCUT2D eigenvalue weighted by Crippen LogP contribution is -2.03. The lowest BCUT2D eigenvalue weighted by atomic mass is 9.96. The van der Waals surface area contributed by atoms with Crippen LogP contribution in [0, 0.1) is 6.92 Å². The Labute approximate surface area is 191 Å². The van der Waals surface area contributed by atoms with Crippen molar-refractivity contribution in [2.75, 3.05) is 4.72 Å².